The van der Waals surface area contributed by atoms with Crippen molar-refractivity contribution in [2.45, 2.75) is 26.3 Å². The second-order valence-corrected chi connectivity index (χ2v) is 7.35. The van der Waals surface area contributed by atoms with Gasteiger partial charge in [0.05, 0.1) is 18.9 Å². The Morgan fingerprint density at radius 2 is 2.18 bits per heavy atom. The SMILES string of the molecule is C=Cc1c(OCC2=C(c3ccnn3C(C)C)COCC2)ccc2cn(C)nc12. The van der Waals surface area contributed by atoms with Crippen molar-refractivity contribution in [2.24, 2.45) is 7.05 Å². The standard InChI is InChI=1S/C22H26N4O2/c1-5-18-21(7-6-16-12-25(4)24-22(16)18)28-13-17-9-11-27-14-19(17)20-8-10-23-26(20)15(2)3/h5-8,10,12,15H,1,9,11,13-14H2,2-4H3. The molecule has 0 N–H and O–H groups in total. The molecule has 4 rings (SSSR count). The number of fused-ring (bicyclic) bond motifs is 1. The second kappa shape index (κ2) is 7.64. The highest BCUT2D eigenvalue weighted by Crippen LogP contribution is 2.31. The normalized spacial score (nSPS) is 14.9. The van der Waals surface area contributed by atoms with Gasteiger partial charge in [-0.25, -0.2) is 0 Å². The average Bonchev–Trinajstić information content (AvgIpc) is 3.32. The molecule has 0 saturated carbocycles. The highest BCUT2D eigenvalue weighted by atomic mass is 16.5. The van der Waals surface area contributed by atoms with E-state index < -0.39 is 0 Å². The first-order chi connectivity index (χ1) is 13.6. The number of benzene rings is 1. The van der Waals surface area contributed by atoms with Gasteiger partial charge in [0.2, 0.25) is 0 Å². The lowest BCUT2D eigenvalue weighted by Crippen LogP contribution is -2.18. The van der Waals surface area contributed by atoms with Gasteiger partial charge >= 0.3 is 0 Å². The summed E-state index contributed by atoms with van der Waals surface area (Å²) < 4.78 is 15.8. The minimum absolute atomic E-state index is 0.292. The van der Waals surface area contributed by atoms with Crippen molar-refractivity contribution < 1.29 is 9.47 Å². The molecule has 3 heterocycles. The molecule has 0 bridgehead atoms. The molecule has 0 spiro atoms. The molecule has 2 aromatic heterocycles. The molecule has 0 aliphatic carbocycles. The van der Waals surface area contributed by atoms with Crippen LogP contribution in [0.4, 0.5) is 0 Å². The first kappa shape index (κ1) is 18.5. The second-order valence-electron chi connectivity index (χ2n) is 7.35. The van der Waals surface area contributed by atoms with Crippen LogP contribution in [-0.4, -0.2) is 39.4 Å². The van der Waals surface area contributed by atoms with Crippen LogP contribution >= 0.6 is 0 Å². The number of aromatic nitrogens is 4. The number of ether oxygens (including phenoxy) is 2. The molecule has 0 atom stereocenters. The van der Waals surface area contributed by atoms with Gasteiger partial charge in [-0.2, -0.15) is 10.2 Å². The zero-order chi connectivity index (χ0) is 19.7. The van der Waals surface area contributed by atoms with Crippen molar-refractivity contribution in [1.82, 2.24) is 19.6 Å². The summed E-state index contributed by atoms with van der Waals surface area (Å²) in [5.74, 6) is 0.803. The van der Waals surface area contributed by atoms with Crippen LogP contribution in [0.5, 0.6) is 5.75 Å². The summed E-state index contributed by atoms with van der Waals surface area (Å²) in [5, 5.41) is 10.1. The molecule has 3 aromatic rings. The summed E-state index contributed by atoms with van der Waals surface area (Å²) in [4.78, 5) is 0. The molecule has 0 radical (unpaired) electrons. The van der Waals surface area contributed by atoms with Gasteiger partial charge in [-0.15, -0.1) is 0 Å². The van der Waals surface area contributed by atoms with Crippen molar-refractivity contribution in [3.05, 3.63) is 54.0 Å². The Morgan fingerprint density at radius 1 is 1.32 bits per heavy atom. The van der Waals surface area contributed by atoms with Crippen molar-refractivity contribution in [3.63, 3.8) is 0 Å². The predicted molar refractivity (Wildman–Crippen MR) is 111 cm³/mol. The molecule has 0 fully saturated rings. The maximum atomic E-state index is 6.25. The Hall–Kier alpha value is -2.86. The largest absolute Gasteiger partial charge is 0.489 e. The molecule has 6 nitrogen and oxygen atoms in total. The molecule has 0 unspecified atom stereocenters. The van der Waals surface area contributed by atoms with Crippen LogP contribution in [0.3, 0.4) is 0 Å². The van der Waals surface area contributed by atoms with Crippen LogP contribution in [0.1, 0.15) is 37.6 Å². The van der Waals surface area contributed by atoms with E-state index >= 15 is 0 Å². The minimum atomic E-state index is 0.292. The maximum Gasteiger partial charge on any atom is 0.129 e. The lowest BCUT2D eigenvalue weighted by Gasteiger charge is -2.23. The lowest BCUT2D eigenvalue weighted by molar-refractivity contribution is 0.155. The number of hydrogen-bond donors (Lipinski definition) is 0. The van der Waals surface area contributed by atoms with E-state index in [9.17, 15) is 0 Å². The molecule has 6 heteroatoms. The van der Waals surface area contributed by atoms with Gasteiger partial charge < -0.3 is 9.47 Å². The first-order valence-corrected chi connectivity index (χ1v) is 9.62. The zero-order valence-electron chi connectivity index (χ0n) is 16.7. The monoisotopic (exact) mass is 378 g/mol. The summed E-state index contributed by atoms with van der Waals surface area (Å²) in [6.45, 7) is 10.0. The Kier molecular flexibility index (Phi) is 5.05. The van der Waals surface area contributed by atoms with Crippen molar-refractivity contribution in [2.75, 3.05) is 19.8 Å². The third-order valence-electron chi connectivity index (χ3n) is 5.09. The fourth-order valence-corrected chi connectivity index (χ4v) is 3.70. The number of aryl methyl sites for hydroxylation is 1. The summed E-state index contributed by atoms with van der Waals surface area (Å²) in [6.07, 6.45) is 6.52. The average molecular weight is 378 g/mol. The Labute approximate surface area is 165 Å². The van der Waals surface area contributed by atoms with E-state index in [4.69, 9.17) is 9.47 Å². The summed E-state index contributed by atoms with van der Waals surface area (Å²) >= 11 is 0. The lowest BCUT2D eigenvalue weighted by atomic mass is 10.0. The van der Waals surface area contributed by atoms with E-state index in [2.05, 4.69) is 36.7 Å². The molecular weight excluding hydrogens is 352 g/mol. The highest BCUT2D eigenvalue weighted by molar-refractivity contribution is 5.89. The van der Waals surface area contributed by atoms with Crippen LogP contribution in [0.2, 0.25) is 0 Å². The summed E-state index contributed by atoms with van der Waals surface area (Å²) in [6, 6.07) is 6.39. The highest BCUT2D eigenvalue weighted by Gasteiger charge is 2.20. The molecule has 1 aliphatic heterocycles. The van der Waals surface area contributed by atoms with E-state index in [0.717, 1.165) is 34.3 Å². The Bertz CT molecular complexity index is 1040. The van der Waals surface area contributed by atoms with E-state index in [0.29, 0.717) is 25.9 Å². The topological polar surface area (TPSA) is 54.1 Å². The van der Waals surface area contributed by atoms with E-state index in [-0.39, 0.29) is 0 Å². The summed E-state index contributed by atoms with van der Waals surface area (Å²) in [7, 11) is 1.92. The van der Waals surface area contributed by atoms with E-state index in [1.807, 2.05) is 47.0 Å². The van der Waals surface area contributed by atoms with Crippen LogP contribution < -0.4 is 4.74 Å². The minimum Gasteiger partial charge on any atom is -0.489 e. The third kappa shape index (κ3) is 3.36. The molecule has 0 amide bonds. The Balaban J connectivity index is 1.66. The van der Waals surface area contributed by atoms with Crippen LogP contribution in [0.25, 0.3) is 22.6 Å². The maximum absolute atomic E-state index is 6.25. The quantitative estimate of drug-likeness (QED) is 0.644. The number of hydrogen-bond acceptors (Lipinski definition) is 4. The molecule has 1 aliphatic rings. The van der Waals surface area contributed by atoms with Gasteiger partial charge in [0.15, 0.2) is 0 Å². The van der Waals surface area contributed by atoms with Crippen molar-refractivity contribution in [1.29, 1.82) is 0 Å². The van der Waals surface area contributed by atoms with E-state index in [1.54, 1.807) is 0 Å². The number of nitrogens with zero attached hydrogens (tertiary/aromatic N) is 4. The van der Waals surface area contributed by atoms with Gasteiger partial charge in [-0.05, 0) is 44.0 Å². The smallest absolute Gasteiger partial charge is 0.129 e. The van der Waals surface area contributed by atoms with Gasteiger partial charge in [-0.1, -0.05) is 12.7 Å². The molecule has 28 heavy (non-hydrogen) atoms. The van der Waals surface area contributed by atoms with Crippen LogP contribution in [-0.2, 0) is 11.8 Å². The van der Waals surface area contributed by atoms with Crippen molar-refractivity contribution in [3.8, 4) is 5.75 Å². The fraction of sp³-hybridized carbons (Fsp3) is 0.364. The fourth-order valence-electron chi connectivity index (χ4n) is 3.70. The summed E-state index contributed by atoms with van der Waals surface area (Å²) in [5.41, 5.74) is 5.38. The Morgan fingerprint density at radius 3 is 2.96 bits per heavy atom. The first-order valence-electron chi connectivity index (χ1n) is 9.62. The molecule has 1 aromatic carbocycles. The number of rotatable bonds is 6. The van der Waals surface area contributed by atoms with Gasteiger partial charge in [0.25, 0.3) is 0 Å². The third-order valence-corrected chi connectivity index (χ3v) is 5.09. The van der Waals surface area contributed by atoms with Crippen LogP contribution in [0.15, 0.2) is 42.7 Å². The van der Waals surface area contributed by atoms with Crippen molar-refractivity contribution >= 4 is 22.6 Å². The van der Waals surface area contributed by atoms with Gasteiger partial charge in [-0.3, -0.25) is 9.36 Å². The predicted octanol–water partition coefficient (Wildman–Crippen LogP) is 4.25. The zero-order valence-corrected chi connectivity index (χ0v) is 16.7. The molecular formula is C22H26N4O2. The van der Waals surface area contributed by atoms with Gasteiger partial charge in [0, 0.05) is 42.0 Å². The van der Waals surface area contributed by atoms with E-state index in [1.165, 1.54) is 11.1 Å². The molecule has 146 valence electrons. The molecule has 0 saturated heterocycles. The van der Waals surface area contributed by atoms with Crippen LogP contribution in [0, 0.1) is 0 Å². The van der Waals surface area contributed by atoms with Gasteiger partial charge in [0.1, 0.15) is 17.9 Å².